The van der Waals surface area contributed by atoms with Crippen LogP contribution >= 0.6 is 0 Å². The lowest BCUT2D eigenvalue weighted by molar-refractivity contribution is 0.192. The van der Waals surface area contributed by atoms with Crippen molar-refractivity contribution in [1.82, 2.24) is 25.1 Å². The van der Waals surface area contributed by atoms with Crippen molar-refractivity contribution in [2.45, 2.75) is 32.7 Å². The Balaban J connectivity index is 1.98. The van der Waals surface area contributed by atoms with Gasteiger partial charge in [0.2, 0.25) is 0 Å². The van der Waals surface area contributed by atoms with Crippen LogP contribution in [0.25, 0.3) is 22.3 Å². The summed E-state index contributed by atoms with van der Waals surface area (Å²) in [4.78, 5) is 8.68. The predicted molar refractivity (Wildman–Crippen MR) is 109 cm³/mol. The maximum absolute atomic E-state index is 6.20. The first-order valence-corrected chi connectivity index (χ1v) is 9.20. The number of ether oxygens (including phenoxy) is 1. The number of nitrogens with two attached hydrogens (primary N) is 1. The van der Waals surface area contributed by atoms with Gasteiger partial charge in [-0.3, -0.25) is 0 Å². The summed E-state index contributed by atoms with van der Waals surface area (Å²) < 4.78 is 7.06. The van der Waals surface area contributed by atoms with E-state index in [4.69, 9.17) is 15.6 Å². The maximum Gasteiger partial charge on any atom is 0.164 e. The van der Waals surface area contributed by atoms with Crippen LogP contribution in [0.15, 0.2) is 30.6 Å². The van der Waals surface area contributed by atoms with E-state index in [1.54, 1.807) is 7.11 Å². The Bertz CT molecular complexity index is 901. The molecule has 0 atom stereocenters. The SMILES string of the molecule is COCCCNCC(C)(C)n1nc(-c2ccc(C)cc2)c2c(N)ncnc21. The molecule has 2 aromatic heterocycles. The number of methoxy groups -OCH3 is 1. The summed E-state index contributed by atoms with van der Waals surface area (Å²) in [6, 6.07) is 8.26. The van der Waals surface area contributed by atoms with E-state index in [0.29, 0.717) is 5.82 Å². The van der Waals surface area contributed by atoms with Crippen LogP contribution in [0.1, 0.15) is 25.8 Å². The molecule has 0 aliphatic heterocycles. The van der Waals surface area contributed by atoms with Crippen LogP contribution in [0.5, 0.6) is 0 Å². The van der Waals surface area contributed by atoms with E-state index < -0.39 is 0 Å². The number of aryl methyl sites for hydroxylation is 1. The Morgan fingerprint density at radius 1 is 1.19 bits per heavy atom. The number of aromatic nitrogens is 4. The fraction of sp³-hybridized carbons (Fsp3) is 0.450. The van der Waals surface area contributed by atoms with Gasteiger partial charge in [-0.15, -0.1) is 0 Å². The quantitative estimate of drug-likeness (QED) is 0.594. The Labute approximate surface area is 160 Å². The number of nitrogens with zero attached hydrogens (tertiary/aromatic N) is 4. The third-order valence-corrected chi connectivity index (χ3v) is 4.65. The first-order chi connectivity index (χ1) is 12.9. The van der Waals surface area contributed by atoms with Gasteiger partial charge < -0.3 is 15.8 Å². The normalized spacial score (nSPS) is 12.0. The second kappa shape index (κ2) is 8.02. The Hall–Kier alpha value is -2.51. The molecule has 0 radical (unpaired) electrons. The van der Waals surface area contributed by atoms with Gasteiger partial charge in [0.1, 0.15) is 17.8 Å². The molecule has 0 unspecified atom stereocenters. The maximum atomic E-state index is 6.20. The highest BCUT2D eigenvalue weighted by molar-refractivity contribution is 5.98. The van der Waals surface area contributed by atoms with Gasteiger partial charge in [0.05, 0.1) is 10.9 Å². The van der Waals surface area contributed by atoms with Gasteiger partial charge in [0.15, 0.2) is 5.65 Å². The molecule has 3 rings (SSSR count). The molecule has 0 aliphatic carbocycles. The lowest BCUT2D eigenvalue weighted by Crippen LogP contribution is -2.39. The van der Waals surface area contributed by atoms with Gasteiger partial charge in [-0.1, -0.05) is 29.8 Å². The van der Waals surface area contributed by atoms with Crippen LogP contribution in [0.4, 0.5) is 5.82 Å². The zero-order valence-corrected chi connectivity index (χ0v) is 16.5. The molecule has 0 bridgehead atoms. The first-order valence-electron chi connectivity index (χ1n) is 9.20. The molecule has 1 aromatic carbocycles. The summed E-state index contributed by atoms with van der Waals surface area (Å²) in [6.07, 6.45) is 2.47. The number of nitrogens with one attached hydrogen (secondary N) is 1. The minimum Gasteiger partial charge on any atom is -0.385 e. The lowest BCUT2D eigenvalue weighted by Gasteiger charge is -2.26. The van der Waals surface area contributed by atoms with Crippen molar-refractivity contribution in [2.24, 2.45) is 0 Å². The van der Waals surface area contributed by atoms with Crippen LogP contribution in [-0.2, 0) is 10.3 Å². The fourth-order valence-corrected chi connectivity index (χ4v) is 3.12. The van der Waals surface area contributed by atoms with Gasteiger partial charge in [0, 0.05) is 25.8 Å². The summed E-state index contributed by atoms with van der Waals surface area (Å²) in [6.45, 7) is 8.74. The van der Waals surface area contributed by atoms with E-state index in [9.17, 15) is 0 Å². The van der Waals surface area contributed by atoms with Crippen LogP contribution in [-0.4, -0.2) is 46.6 Å². The molecule has 27 heavy (non-hydrogen) atoms. The lowest BCUT2D eigenvalue weighted by atomic mass is 10.1. The summed E-state index contributed by atoms with van der Waals surface area (Å²) in [5.41, 5.74) is 9.70. The molecule has 3 aromatic rings. The molecule has 0 amide bonds. The second-order valence-electron chi connectivity index (χ2n) is 7.42. The zero-order chi connectivity index (χ0) is 19.4. The van der Waals surface area contributed by atoms with Gasteiger partial charge in [-0.25, -0.2) is 14.6 Å². The van der Waals surface area contributed by atoms with Crippen molar-refractivity contribution in [3.05, 3.63) is 36.2 Å². The fourth-order valence-electron chi connectivity index (χ4n) is 3.12. The molecule has 2 heterocycles. The summed E-state index contributed by atoms with van der Waals surface area (Å²) in [5, 5.41) is 9.19. The van der Waals surface area contributed by atoms with E-state index in [1.807, 2.05) is 4.68 Å². The largest absolute Gasteiger partial charge is 0.385 e. The van der Waals surface area contributed by atoms with Gasteiger partial charge in [-0.2, -0.15) is 5.10 Å². The molecule has 0 saturated heterocycles. The standard InChI is InChI=1S/C20H28N6O/c1-14-6-8-15(9-7-14)17-16-18(21)23-13-24-19(16)26(25-17)20(2,3)12-22-10-5-11-27-4/h6-9,13,22H,5,10-12H2,1-4H3,(H2,21,23,24). The highest BCUT2D eigenvalue weighted by Gasteiger charge is 2.27. The summed E-state index contributed by atoms with van der Waals surface area (Å²) in [7, 11) is 1.72. The van der Waals surface area contributed by atoms with Crippen LogP contribution in [0.2, 0.25) is 0 Å². The number of benzene rings is 1. The van der Waals surface area contributed by atoms with Gasteiger partial charge in [0.25, 0.3) is 0 Å². The van der Waals surface area contributed by atoms with Crippen LogP contribution in [0, 0.1) is 6.92 Å². The van der Waals surface area contributed by atoms with E-state index in [2.05, 4.69) is 60.3 Å². The van der Waals surface area contributed by atoms with Crippen LogP contribution < -0.4 is 11.1 Å². The minimum atomic E-state index is -0.283. The topological polar surface area (TPSA) is 90.9 Å². The smallest absolute Gasteiger partial charge is 0.164 e. The van der Waals surface area contributed by atoms with E-state index in [0.717, 1.165) is 48.4 Å². The molecule has 0 spiro atoms. The monoisotopic (exact) mass is 368 g/mol. The Morgan fingerprint density at radius 2 is 1.93 bits per heavy atom. The highest BCUT2D eigenvalue weighted by Crippen LogP contribution is 2.32. The average molecular weight is 368 g/mol. The number of nitrogen functional groups attached to an aromatic ring is 1. The zero-order valence-electron chi connectivity index (χ0n) is 16.5. The van der Waals surface area contributed by atoms with Crippen molar-refractivity contribution in [3.8, 4) is 11.3 Å². The molecule has 0 aliphatic rings. The van der Waals surface area contributed by atoms with Crippen molar-refractivity contribution >= 4 is 16.9 Å². The predicted octanol–water partition coefficient (Wildman–Crippen LogP) is 2.75. The van der Waals surface area contributed by atoms with Crippen molar-refractivity contribution in [1.29, 1.82) is 0 Å². The molecule has 144 valence electrons. The number of anilines is 1. The van der Waals surface area contributed by atoms with E-state index >= 15 is 0 Å². The van der Waals surface area contributed by atoms with Gasteiger partial charge in [-0.05, 0) is 33.7 Å². The molecule has 7 nitrogen and oxygen atoms in total. The van der Waals surface area contributed by atoms with Crippen molar-refractivity contribution in [3.63, 3.8) is 0 Å². The highest BCUT2D eigenvalue weighted by atomic mass is 16.5. The van der Waals surface area contributed by atoms with Crippen molar-refractivity contribution < 1.29 is 4.74 Å². The molecular formula is C20H28N6O. The Morgan fingerprint density at radius 3 is 2.63 bits per heavy atom. The third kappa shape index (κ3) is 4.09. The second-order valence-corrected chi connectivity index (χ2v) is 7.42. The van der Waals surface area contributed by atoms with Crippen molar-refractivity contribution in [2.75, 3.05) is 32.5 Å². The minimum absolute atomic E-state index is 0.283. The number of hydrogen-bond acceptors (Lipinski definition) is 6. The van der Waals surface area contributed by atoms with E-state index in [-0.39, 0.29) is 5.54 Å². The Kier molecular flexibility index (Phi) is 5.72. The number of fused-ring (bicyclic) bond motifs is 1. The first kappa shape index (κ1) is 19.3. The molecule has 7 heteroatoms. The summed E-state index contributed by atoms with van der Waals surface area (Å²) >= 11 is 0. The number of rotatable bonds is 8. The molecular weight excluding hydrogens is 340 g/mol. The number of hydrogen-bond donors (Lipinski definition) is 2. The molecule has 0 saturated carbocycles. The van der Waals surface area contributed by atoms with Crippen LogP contribution in [0.3, 0.4) is 0 Å². The summed E-state index contributed by atoms with van der Waals surface area (Å²) in [5.74, 6) is 0.450. The third-order valence-electron chi connectivity index (χ3n) is 4.65. The average Bonchev–Trinajstić information content (AvgIpc) is 3.04. The van der Waals surface area contributed by atoms with Gasteiger partial charge >= 0.3 is 0 Å². The van der Waals surface area contributed by atoms with E-state index in [1.165, 1.54) is 11.9 Å². The molecule has 0 fully saturated rings. The molecule has 3 N–H and O–H groups in total.